The lowest BCUT2D eigenvalue weighted by Gasteiger charge is -2.21. The van der Waals surface area contributed by atoms with E-state index >= 15 is 0 Å². The summed E-state index contributed by atoms with van der Waals surface area (Å²) in [5, 5.41) is 0. The van der Waals surface area contributed by atoms with Gasteiger partial charge in [0.25, 0.3) is 0 Å². The molecule has 2 aromatic heterocycles. The summed E-state index contributed by atoms with van der Waals surface area (Å²) in [6.45, 7) is 5.60. The Balaban J connectivity index is 1.80. The number of benzene rings is 1. The fourth-order valence-electron chi connectivity index (χ4n) is 3.19. The summed E-state index contributed by atoms with van der Waals surface area (Å²) in [5.74, 6) is 0.958. The lowest BCUT2D eigenvalue weighted by molar-refractivity contribution is 0.275. The number of hydrogen-bond donors (Lipinski definition) is 3. The van der Waals surface area contributed by atoms with Gasteiger partial charge in [-0.15, -0.1) is 0 Å². The van der Waals surface area contributed by atoms with E-state index in [0.717, 1.165) is 55.0 Å². The maximum absolute atomic E-state index is 5.76. The number of nitrogens with two attached hydrogens (primary N) is 2. The molecule has 0 aliphatic heterocycles. The molecule has 0 atom stereocenters. The van der Waals surface area contributed by atoms with Crippen LogP contribution in [0.2, 0.25) is 0 Å². The second kappa shape index (κ2) is 10.1. The van der Waals surface area contributed by atoms with Crippen LogP contribution >= 0.6 is 0 Å². The van der Waals surface area contributed by atoms with Crippen LogP contribution in [0.15, 0.2) is 54.2 Å². The molecule has 0 bridgehead atoms. The smallest absolute Gasteiger partial charge is 0.121 e. The number of hydrogen-bond acceptors (Lipinski definition) is 5. The molecule has 6 nitrogen and oxygen atoms in total. The summed E-state index contributed by atoms with van der Waals surface area (Å²) in [7, 11) is 0. The number of fused-ring (bicyclic) bond motifs is 1. The first kappa shape index (κ1) is 20.2. The maximum atomic E-state index is 5.76. The van der Waals surface area contributed by atoms with Crippen LogP contribution in [0.4, 0.5) is 0 Å². The van der Waals surface area contributed by atoms with Gasteiger partial charge in [-0.2, -0.15) is 0 Å². The Morgan fingerprint density at radius 3 is 2.79 bits per heavy atom. The number of para-hydroxylation sites is 2. The summed E-state index contributed by atoms with van der Waals surface area (Å²) in [5.41, 5.74) is 17.1. The number of aryl methyl sites for hydroxylation is 1. The van der Waals surface area contributed by atoms with Gasteiger partial charge in [0, 0.05) is 25.8 Å². The molecule has 0 spiro atoms. The molecule has 1 aromatic carbocycles. The molecule has 0 unspecified atom stereocenters. The average molecular weight is 379 g/mol. The summed E-state index contributed by atoms with van der Waals surface area (Å²) in [4.78, 5) is 15.1. The number of nitrogens with zero attached hydrogens (tertiary/aromatic N) is 3. The highest BCUT2D eigenvalue weighted by molar-refractivity contribution is 5.74. The number of H-pyrrole nitrogens is 1. The lowest BCUT2D eigenvalue weighted by atomic mass is 10.1. The van der Waals surface area contributed by atoms with Gasteiger partial charge in [-0.25, -0.2) is 4.98 Å². The van der Waals surface area contributed by atoms with Gasteiger partial charge in [0.15, 0.2) is 0 Å². The predicted molar refractivity (Wildman–Crippen MR) is 115 cm³/mol. The number of imidazole rings is 1. The third-order valence-corrected chi connectivity index (χ3v) is 4.84. The highest BCUT2D eigenvalue weighted by Gasteiger charge is 2.13. The average Bonchev–Trinajstić information content (AvgIpc) is 3.13. The minimum Gasteiger partial charge on any atom is -0.341 e. The van der Waals surface area contributed by atoms with Crippen LogP contribution in [0.1, 0.15) is 30.4 Å². The number of aromatic nitrogens is 3. The van der Waals surface area contributed by atoms with Crippen LogP contribution in [0.25, 0.3) is 11.0 Å². The monoisotopic (exact) mass is 378 g/mol. The van der Waals surface area contributed by atoms with Crippen LogP contribution in [0, 0.1) is 0 Å². The molecule has 0 aliphatic carbocycles. The van der Waals surface area contributed by atoms with Gasteiger partial charge in [0.05, 0.1) is 23.3 Å². The van der Waals surface area contributed by atoms with Crippen molar-refractivity contribution in [3.05, 3.63) is 71.3 Å². The fraction of sp³-hybridized carbons (Fsp3) is 0.364. The van der Waals surface area contributed by atoms with E-state index in [-0.39, 0.29) is 0 Å². The van der Waals surface area contributed by atoms with Crippen molar-refractivity contribution in [2.24, 2.45) is 11.5 Å². The van der Waals surface area contributed by atoms with Crippen LogP contribution in [0.5, 0.6) is 0 Å². The third kappa shape index (κ3) is 5.48. The van der Waals surface area contributed by atoms with E-state index in [1.807, 2.05) is 30.5 Å². The zero-order valence-corrected chi connectivity index (χ0v) is 16.6. The molecule has 0 amide bonds. The lowest BCUT2D eigenvalue weighted by Crippen LogP contribution is -2.25. The molecule has 0 fully saturated rings. The number of nitrogens with one attached hydrogen (secondary N) is 1. The Labute approximate surface area is 166 Å². The Bertz CT molecular complexity index is 881. The van der Waals surface area contributed by atoms with Gasteiger partial charge < -0.3 is 16.5 Å². The quantitative estimate of drug-likeness (QED) is 0.471. The van der Waals surface area contributed by atoms with Gasteiger partial charge >= 0.3 is 0 Å². The maximum Gasteiger partial charge on any atom is 0.121 e. The van der Waals surface area contributed by atoms with E-state index in [0.29, 0.717) is 13.1 Å². The molecule has 0 saturated carbocycles. The molecule has 2 heterocycles. The van der Waals surface area contributed by atoms with E-state index in [4.69, 9.17) is 16.5 Å². The minimum absolute atomic E-state index is 0.573. The van der Waals surface area contributed by atoms with Gasteiger partial charge in [-0.3, -0.25) is 9.88 Å². The van der Waals surface area contributed by atoms with Crippen molar-refractivity contribution in [2.75, 3.05) is 19.6 Å². The predicted octanol–water partition coefficient (Wildman–Crippen LogP) is 2.76. The van der Waals surface area contributed by atoms with Crippen molar-refractivity contribution in [1.29, 1.82) is 0 Å². The molecule has 0 aliphatic rings. The number of rotatable bonds is 10. The second-order valence-corrected chi connectivity index (χ2v) is 7.13. The summed E-state index contributed by atoms with van der Waals surface area (Å²) in [6, 6.07) is 12.3. The Hall–Kier alpha value is -2.54. The topological polar surface area (TPSA) is 96.8 Å². The van der Waals surface area contributed by atoms with Crippen molar-refractivity contribution in [1.82, 2.24) is 19.9 Å². The van der Waals surface area contributed by atoms with E-state index in [2.05, 4.69) is 40.0 Å². The normalized spacial score (nSPS) is 12.2. The molecular formula is C22H30N6. The van der Waals surface area contributed by atoms with Gasteiger partial charge in [-0.1, -0.05) is 29.8 Å². The first-order chi connectivity index (χ1) is 13.7. The fourth-order valence-corrected chi connectivity index (χ4v) is 3.19. The van der Waals surface area contributed by atoms with Crippen LogP contribution in [-0.4, -0.2) is 39.5 Å². The standard InChI is InChI=1S/C22H30N6/c1-17(14-24)10-13-28(15-21-18(6-4-11-23)7-5-12-25-21)16-22-26-19-8-2-3-9-20(19)27-22/h2-3,5,7-10,12H,4,6,11,13-16,23-24H2,1H3,(H,26,27)/b17-10+. The van der Waals surface area contributed by atoms with Gasteiger partial charge in [-0.05, 0) is 50.1 Å². The highest BCUT2D eigenvalue weighted by atomic mass is 15.2. The Morgan fingerprint density at radius 2 is 2.00 bits per heavy atom. The third-order valence-electron chi connectivity index (χ3n) is 4.84. The van der Waals surface area contributed by atoms with Crippen molar-refractivity contribution >= 4 is 11.0 Å². The van der Waals surface area contributed by atoms with E-state index in [1.54, 1.807) is 0 Å². The molecule has 148 valence electrons. The zero-order valence-electron chi connectivity index (χ0n) is 16.6. The van der Waals surface area contributed by atoms with Crippen LogP contribution < -0.4 is 11.5 Å². The zero-order chi connectivity index (χ0) is 19.8. The van der Waals surface area contributed by atoms with Crippen molar-refractivity contribution in [3.63, 3.8) is 0 Å². The van der Waals surface area contributed by atoms with Gasteiger partial charge in [0.2, 0.25) is 0 Å². The molecule has 0 radical (unpaired) electrons. The molecule has 3 rings (SSSR count). The highest BCUT2D eigenvalue weighted by Crippen LogP contribution is 2.15. The molecule has 3 aromatic rings. The van der Waals surface area contributed by atoms with Crippen molar-refractivity contribution in [3.8, 4) is 0 Å². The summed E-state index contributed by atoms with van der Waals surface area (Å²) < 4.78 is 0. The van der Waals surface area contributed by atoms with Crippen molar-refractivity contribution < 1.29 is 0 Å². The Kier molecular flexibility index (Phi) is 7.31. The first-order valence-corrected chi connectivity index (χ1v) is 9.84. The number of pyridine rings is 1. The molecule has 28 heavy (non-hydrogen) atoms. The summed E-state index contributed by atoms with van der Waals surface area (Å²) >= 11 is 0. The molecule has 5 N–H and O–H groups in total. The van der Waals surface area contributed by atoms with Crippen molar-refractivity contribution in [2.45, 2.75) is 32.9 Å². The molecule has 6 heteroatoms. The minimum atomic E-state index is 0.573. The first-order valence-electron chi connectivity index (χ1n) is 9.84. The number of aromatic amines is 1. The largest absolute Gasteiger partial charge is 0.341 e. The summed E-state index contributed by atoms with van der Waals surface area (Å²) in [6.07, 6.45) is 5.97. The molecule has 0 saturated heterocycles. The van der Waals surface area contributed by atoms with Crippen LogP contribution in [-0.2, 0) is 19.5 Å². The SMILES string of the molecule is C/C(=C\CN(Cc1nc2ccccc2[nH]1)Cc1ncccc1CCCN)CN. The van der Waals surface area contributed by atoms with E-state index in [9.17, 15) is 0 Å². The van der Waals surface area contributed by atoms with Crippen LogP contribution in [0.3, 0.4) is 0 Å². The van der Waals surface area contributed by atoms with E-state index in [1.165, 1.54) is 11.1 Å². The van der Waals surface area contributed by atoms with E-state index < -0.39 is 0 Å². The Morgan fingerprint density at radius 1 is 1.14 bits per heavy atom. The molecular weight excluding hydrogens is 348 g/mol. The second-order valence-electron chi connectivity index (χ2n) is 7.13. The van der Waals surface area contributed by atoms with Gasteiger partial charge in [0.1, 0.15) is 5.82 Å².